The fraction of sp³-hybridized carbons (Fsp3) is 0.542. The fourth-order valence-corrected chi connectivity index (χ4v) is 6.20. The Labute approximate surface area is 397 Å². The van der Waals surface area contributed by atoms with Crippen LogP contribution >= 0.6 is 0 Å². The van der Waals surface area contributed by atoms with Crippen LogP contribution in [0.3, 0.4) is 0 Å². The topological polar surface area (TPSA) is 78.9 Å². The minimum absolute atomic E-state index is 0.146. The first-order valence-corrected chi connectivity index (χ1v) is 25.4. The molecule has 6 nitrogen and oxygen atoms in total. The van der Waals surface area contributed by atoms with Crippen molar-refractivity contribution in [1.29, 1.82) is 0 Å². The second-order valence-corrected chi connectivity index (χ2v) is 16.1. The highest BCUT2D eigenvalue weighted by Gasteiger charge is 2.19. The fourth-order valence-electron chi connectivity index (χ4n) is 6.20. The smallest absolute Gasteiger partial charge is 0.306 e. The maximum Gasteiger partial charge on any atom is 0.306 e. The minimum Gasteiger partial charge on any atom is -0.462 e. The van der Waals surface area contributed by atoms with Crippen molar-refractivity contribution >= 4 is 17.9 Å². The van der Waals surface area contributed by atoms with Gasteiger partial charge in [0.15, 0.2) is 6.10 Å². The van der Waals surface area contributed by atoms with E-state index in [9.17, 15) is 14.4 Å². The van der Waals surface area contributed by atoms with E-state index in [1.54, 1.807) is 0 Å². The summed E-state index contributed by atoms with van der Waals surface area (Å²) in [5.74, 6) is -1.12. The molecule has 0 rings (SSSR count). The highest BCUT2D eigenvalue weighted by Crippen LogP contribution is 2.12. The molecule has 0 radical (unpaired) electrons. The van der Waals surface area contributed by atoms with Crippen LogP contribution in [0, 0.1) is 0 Å². The zero-order valence-corrected chi connectivity index (χ0v) is 41.2. The normalized spacial score (nSPS) is 13.3. The van der Waals surface area contributed by atoms with Crippen LogP contribution in [0.5, 0.6) is 0 Å². The van der Waals surface area contributed by atoms with Gasteiger partial charge in [-0.2, -0.15) is 0 Å². The summed E-state index contributed by atoms with van der Waals surface area (Å²) in [4.78, 5) is 37.9. The van der Waals surface area contributed by atoms with Gasteiger partial charge in [-0.25, -0.2) is 0 Å². The summed E-state index contributed by atoms with van der Waals surface area (Å²) in [5.41, 5.74) is 0. The van der Waals surface area contributed by atoms with Gasteiger partial charge in [0, 0.05) is 19.3 Å². The van der Waals surface area contributed by atoms with Crippen LogP contribution in [0.2, 0.25) is 0 Å². The zero-order chi connectivity index (χ0) is 47.2. The molecule has 0 heterocycles. The Bertz CT molecular complexity index is 1490. The Morgan fingerprint density at radius 3 is 1.25 bits per heavy atom. The third kappa shape index (κ3) is 50.2. The molecule has 0 fully saturated rings. The van der Waals surface area contributed by atoms with E-state index < -0.39 is 6.10 Å². The lowest BCUT2D eigenvalue weighted by molar-refractivity contribution is -0.166. The summed E-state index contributed by atoms with van der Waals surface area (Å²) in [5, 5.41) is 0. The van der Waals surface area contributed by atoms with Gasteiger partial charge >= 0.3 is 17.9 Å². The van der Waals surface area contributed by atoms with Crippen molar-refractivity contribution in [3.05, 3.63) is 146 Å². The first-order valence-electron chi connectivity index (χ1n) is 25.4. The van der Waals surface area contributed by atoms with Crippen molar-refractivity contribution in [3.63, 3.8) is 0 Å². The van der Waals surface area contributed by atoms with Gasteiger partial charge in [-0.1, -0.05) is 218 Å². The van der Waals surface area contributed by atoms with Gasteiger partial charge in [0.2, 0.25) is 0 Å². The lowest BCUT2D eigenvalue weighted by atomic mass is 10.1. The van der Waals surface area contributed by atoms with E-state index in [2.05, 4.69) is 99.8 Å². The summed E-state index contributed by atoms with van der Waals surface area (Å²) in [6, 6.07) is 0. The summed E-state index contributed by atoms with van der Waals surface area (Å²) in [6.07, 6.45) is 74.2. The van der Waals surface area contributed by atoms with Gasteiger partial charge in [0.1, 0.15) is 13.2 Å². The van der Waals surface area contributed by atoms with Crippen molar-refractivity contribution < 1.29 is 28.6 Å². The second kappa shape index (κ2) is 51.9. The Morgan fingerprint density at radius 1 is 0.338 bits per heavy atom. The van der Waals surface area contributed by atoms with E-state index in [1.807, 2.05) is 66.8 Å². The number of unbranched alkanes of at least 4 members (excludes halogenated alkanes) is 12. The second-order valence-electron chi connectivity index (χ2n) is 16.1. The molecule has 0 aromatic carbocycles. The number of esters is 3. The lowest BCUT2D eigenvalue weighted by Gasteiger charge is -2.18. The molecule has 0 spiro atoms. The predicted octanol–water partition coefficient (Wildman–Crippen LogP) is 16.9. The molecular weight excluding hydrogens is 805 g/mol. The molecule has 362 valence electrons. The van der Waals surface area contributed by atoms with E-state index >= 15 is 0 Å². The van der Waals surface area contributed by atoms with Crippen molar-refractivity contribution in [2.75, 3.05) is 13.2 Å². The van der Waals surface area contributed by atoms with Gasteiger partial charge in [-0.15, -0.1) is 0 Å². The Kier molecular flexibility index (Phi) is 48.2. The third-order valence-electron chi connectivity index (χ3n) is 9.95. The third-order valence-corrected chi connectivity index (χ3v) is 9.95. The molecule has 0 amide bonds. The number of ether oxygens (including phenoxy) is 3. The summed E-state index contributed by atoms with van der Waals surface area (Å²) >= 11 is 0. The largest absolute Gasteiger partial charge is 0.462 e. The van der Waals surface area contributed by atoms with Crippen molar-refractivity contribution in [2.24, 2.45) is 0 Å². The van der Waals surface area contributed by atoms with E-state index in [0.717, 1.165) is 70.6 Å². The molecule has 65 heavy (non-hydrogen) atoms. The number of rotatable bonds is 43. The number of allylic oxidation sites excluding steroid dienone is 24. The van der Waals surface area contributed by atoms with E-state index in [1.165, 1.54) is 64.2 Å². The Balaban J connectivity index is 4.62. The van der Waals surface area contributed by atoms with Gasteiger partial charge in [0.25, 0.3) is 0 Å². The molecule has 0 N–H and O–H groups in total. The van der Waals surface area contributed by atoms with Gasteiger partial charge in [-0.3, -0.25) is 14.4 Å². The van der Waals surface area contributed by atoms with Crippen LogP contribution in [0.25, 0.3) is 0 Å². The maximum absolute atomic E-state index is 12.8. The molecule has 6 heteroatoms. The van der Waals surface area contributed by atoms with Gasteiger partial charge in [0.05, 0.1) is 0 Å². The van der Waals surface area contributed by atoms with Crippen LogP contribution < -0.4 is 0 Å². The van der Waals surface area contributed by atoms with Crippen LogP contribution in [0.15, 0.2) is 146 Å². The van der Waals surface area contributed by atoms with E-state index in [4.69, 9.17) is 14.2 Å². The molecule has 0 aromatic heterocycles. The predicted molar refractivity (Wildman–Crippen MR) is 279 cm³/mol. The highest BCUT2D eigenvalue weighted by molar-refractivity contribution is 5.71. The minimum atomic E-state index is -0.845. The highest BCUT2D eigenvalue weighted by atomic mass is 16.6. The number of hydrogen-bond donors (Lipinski definition) is 0. The molecular formula is C59H90O6. The summed E-state index contributed by atoms with van der Waals surface area (Å²) in [7, 11) is 0. The number of carbonyl (C=O) groups is 3. The van der Waals surface area contributed by atoms with Gasteiger partial charge in [-0.05, 0) is 96.3 Å². The SMILES string of the molecule is CC\C=C/C=C\C=C/C=C\C=C/CCCC(=O)OCC(COC(=O)CC/C=C\C/C=C\C/C=C\C/C=C\C/C=C\C/C=C\CC)OC(=O)CCCCCCCCC/C=C\CCCCCC. The lowest BCUT2D eigenvalue weighted by Crippen LogP contribution is -2.30. The molecule has 0 saturated carbocycles. The van der Waals surface area contributed by atoms with Crippen LogP contribution in [-0.2, 0) is 28.6 Å². The van der Waals surface area contributed by atoms with E-state index in [-0.39, 0.29) is 50.4 Å². The summed E-state index contributed by atoms with van der Waals surface area (Å²) < 4.78 is 16.6. The van der Waals surface area contributed by atoms with Crippen molar-refractivity contribution in [1.82, 2.24) is 0 Å². The van der Waals surface area contributed by atoms with E-state index in [0.29, 0.717) is 12.8 Å². The molecule has 0 aliphatic carbocycles. The number of hydrogen-bond acceptors (Lipinski definition) is 6. The molecule has 0 saturated heterocycles. The monoisotopic (exact) mass is 895 g/mol. The Morgan fingerprint density at radius 2 is 0.723 bits per heavy atom. The molecule has 0 aliphatic heterocycles. The molecule has 1 atom stereocenters. The van der Waals surface area contributed by atoms with Crippen LogP contribution in [-0.4, -0.2) is 37.2 Å². The van der Waals surface area contributed by atoms with Crippen molar-refractivity contribution in [2.45, 2.75) is 194 Å². The standard InChI is InChI=1S/C59H90O6/c1-4-7-10-13-16-19-22-25-27-28-29-30-32-34-37-40-43-46-49-52-58(61)64-55-56(54-63-57(60)51-48-45-42-39-36-33-24-21-18-15-12-9-6-3)65-59(62)53-50-47-44-41-38-35-31-26-23-20-17-14-11-8-5-2/h7,9-10,12,15-16,18-21,23-25,27,29-30,33-34,36-37,39,42-43,46,56H,4-6,8,11,13-14,17,22,26,28,31-32,35,38,40-41,44-45,47-55H2,1-3H3/b10-7-,12-9-,18-15-,19-16-,23-20-,24-21-,27-25-,30-29-,36-33-,37-34-,42-39-,46-43-. The first kappa shape index (κ1) is 60.3. The zero-order valence-electron chi connectivity index (χ0n) is 41.2. The molecule has 0 bridgehead atoms. The van der Waals surface area contributed by atoms with Crippen LogP contribution in [0.1, 0.15) is 188 Å². The average molecular weight is 895 g/mol. The molecule has 0 aliphatic rings. The summed E-state index contributed by atoms with van der Waals surface area (Å²) in [6.45, 7) is 6.20. The maximum atomic E-state index is 12.8. The van der Waals surface area contributed by atoms with Crippen molar-refractivity contribution in [3.8, 4) is 0 Å². The van der Waals surface area contributed by atoms with Crippen LogP contribution in [0.4, 0.5) is 0 Å². The Hall–Kier alpha value is -4.71. The quantitative estimate of drug-likeness (QED) is 0.0199. The van der Waals surface area contributed by atoms with Gasteiger partial charge < -0.3 is 14.2 Å². The number of carbonyl (C=O) groups excluding carboxylic acids is 3. The first-order chi connectivity index (χ1) is 32.0. The molecule has 1 unspecified atom stereocenters. The average Bonchev–Trinajstić information content (AvgIpc) is 3.30. The molecule has 0 aromatic rings.